The minimum Gasteiger partial charge on any atom is -0.439 e. The fraction of sp³-hybridized carbons (Fsp3) is 0.208. The molecule has 2 heterocycles. The zero-order valence-corrected chi connectivity index (χ0v) is 16.9. The molecular formula is C24H24N4O2. The number of hydrogen-bond donors (Lipinski definition) is 0. The summed E-state index contributed by atoms with van der Waals surface area (Å²) in [6.07, 6.45) is 3.50. The number of carbonyl (C=O) groups is 1. The van der Waals surface area contributed by atoms with Gasteiger partial charge in [0.1, 0.15) is 17.4 Å². The molecule has 2 aromatic carbocycles. The molecule has 0 radical (unpaired) electrons. The molecule has 0 saturated carbocycles. The second kappa shape index (κ2) is 9.22. The molecule has 30 heavy (non-hydrogen) atoms. The Balaban J connectivity index is 1.38. The van der Waals surface area contributed by atoms with E-state index in [4.69, 9.17) is 4.74 Å². The van der Waals surface area contributed by atoms with Crippen LogP contribution in [-0.4, -0.2) is 47.0 Å². The number of ether oxygens (including phenoxy) is 1. The molecule has 0 N–H and O–H groups in total. The third kappa shape index (κ3) is 5.03. The van der Waals surface area contributed by atoms with Crippen LogP contribution in [0.15, 0.2) is 72.8 Å². The molecule has 3 aromatic rings. The van der Waals surface area contributed by atoms with Crippen molar-refractivity contribution >= 4 is 17.8 Å². The Labute approximate surface area is 176 Å². The summed E-state index contributed by atoms with van der Waals surface area (Å²) in [5.74, 6) is 2.77. The van der Waals surface area contributed by atoms with Gasteiger partial charge in [0.2, 0.25) is 11.8 Å². The van der Waals surface area contributed by atoms with E-state index in [1.54, 1.807) is 6.08 Å². The molecule has 0 bridgehead atoms. The molecule has 0 atom stereocenters. The highest BCUT2D eigenvalue weighted by atomic mass is 16.5. The van der Waals surface area contributed by atoms with Gasteiger partial charge in [-0.25, -0.2) is 4.98 Å². The van der Waals surface area contributed by atoms with Gasteiger partial charge in [-0.3, -0.25) is 4.79 Å². The summed E-state index contributed by atoms with van der Waals surface area (Å²) in [7, 11) is 0. The lowest BCUT2D eigenvalue weighted by molar-refractivity contribution is -0.126. The fourth-order valence-corrected chi connectivity index (χ4v) is 3.34. The van der Waals surface area contributed by atoms with Crippen LogP contribution < -0.4 is 9.64 Å². The summed E-state index contributed by atoms with van der Waals surface area (Å²) in [6, 6.07) is 21.3. The first kappa shape index (κ1) is 19.6. The maximum Gasteiger partial charge on any atom is 0.246 e. The van der Waals surface area contributed by atoms with E-state index in [0.29, 0.717) is 37.9 Å². The van der Waals surface area contributed by atoms with Crippen molar-refractivity contribution in [2.24, 2.45) is 0 Å². The average Bonchev–Trinajstić information content (AvgIpc) is 2.78. The summed E-state index contributed by atoms with van der Waals surface area (Å²) in [5.41, 5.74) is 1.02. The predicted molar refractivity (Wildman–Crippen MR) is 118 cm³/mol. The molecule has 1 fully saturated rings. The van der Waals surface area contributed by atoms with Gasteiger partial charge < -0.3 is 14.5 Å². The van der Waals surface area contributed by atoms with Gasteiger partial charge in [0.05, 0.1) is 0 Å². The van der Waals surface area contributed by atoms with Crippen LogP contribution in [0.3, 0.4) is 0 Å². The second-order valence-electron chi connectivity index (χ2n) is 7.08. The topological polar surface area (TPSA) is 58.6 Å². The largest absolute Gasteiger partial charge is 0.439 e. The molecule has 152 valence electrons. The van der Waals surface area contributed by atoms with Crippen LogP contribution >= 0.6 is 0 Å². The van der Waals surface area contributed by atoms with Crippen LogP contribution in [-0.2, 0) is 4.79 Å². The number of anilines is 1. The zero-order chi connectivity index (χ0) is 20.8. The number of aryl methyl sites for hydroxylation is 1. The van der Waals surface area contributed by atoms with Crippen LogP contribution in [0.1, 0.15) is 11.4 Å². The molecule has 1 saturated heterocycles. The molecule has 1 amide bonds. The van der Waals surface area contributed by atoms with Crippen LogP contribution in [0.25, 0.3) is 6.08 Å². The van der Waals surface area contributed by atoms with Crippen molar-refractivity contribution in [2.75, 3.05) is 31.1 Å². The standard InChI is InChI=1S/C24H24N4O2/c1-19-25-22(18-23(26-19)30-21-10-6-3-7-11-21)27-14-16-28(17-15-27)24(29)13-12-20-8-4-2-5-9-20/h2-13,18H,14-17H2,1H3/b13-12+. The summed E-state index contributed by atoms with van der Waals surface area (Å²) >= 11 is 0. The third-order valence-corrected chi connectivity index (χ3v) is 4.90. The first-order valence-corrected chi connectivity index (χ1v) is 10.0. The zero-order valence-electron chi connectivity index (χ0n) is 16.9. The van der Waals surface area contributed by atoms with Crippen molar-refractivity contribution in [3.05, 3.63) is 84.2 Å². The summed E-state index contributed by atoms with van der Waals surface area (Å²) in [6.45, 7) is 4.58. The molecule has 0 aliphatic carbocycles. The van der Waals surface area contributed by atoms with E-state index in [9.17, 15) is 4.79 Å². The Kier molecular flexibility index (Phi) is 6.03. The average molecular weight is 400 g/mol. The minimum atomic E-state index is 0.0328. The lowest BCUT2D eigenvalue weighted by Crippen LogP contribution is -2.48. The second-order valence-corrected chi connectivity index (χ2v) is 7.08. The highest BCUT2D eigenvalue weighted by Gasteiger charge is 2.21. The van der Waals surface area contributed by atoms with Crippen LogP contribution in [0.4, 0.5) is 5.82 Å². The lowest BCUT2D eigenvalue weighted by Gasteiger charge is -2.35. The number of benzene rings is 2. The molecule has 0 spiro atoms. The Morgan fingerprint density at radius 3 is 2.30 bits per heavy atom. The molecule has 0 unspecified atom stereocenters. The predicted octanol–water partition coefficient (Wildman–Crippen LogP) is 3.94. The van der Waals surface area contributed by atoms with Crippen molar-refractivity contribution in [2.45, 2.75) is 6.92 Å². The van der Waals surface area contributed by atoms with E-state index < -0.39 is 0 Å². The molecule has 4 rings (SSSR count). The fourth-order valence-electron chi connectivity index (χ4n) is 3.34. The Morgan fingerprint density at radius 2 is 1.60 bits per heavy atom. The normalized spacial score (nSPS) is 14.2. The van der Waals surface area contributed by atoms with E-state index in [1.807, 2.05) is 84.6 Å². The number of nitrogens with zero attached hydrogens (tertiary/aromatic N) is 4. The molecule has 1 aliphatic rings. The van der Waals surface area contributed by atoms with E-state index in [0.717, 1.165) is 17.1 Å². The maximum absolute atomic E-state index is 12.5. The number of aromatic nitrogens is 2. The van der Waals surface area contributed by atoms with Gasteiger partial charge in [-0.1, -0.05) is 48.5 Å². The van der Waals surface area contributed by atoms with Crippen LogP contribution in [0.2, 0.25) is 0 Å². The van der Waals surface area contributed by atoms with Crippen molar-refractivity contribution in [3.8, 4) is 11.6 Å². The maximum atomic E-state index is 12.5. The Hall–Kier alpha value is -3.67. The third-order valence-electron chi connectivity index (χ3n) is 4.90. The van der Waals surface area contributed by atoms with Gasteiger partial charge in [0.25, 0.3) is 0 Å². The first-order valence-electron chi connectivity index (χ1n) is 10.0. The summed E-state index contributed by atoms with van der Waals surface area (Å²) in [5, 5.41) is 0. The van der Waals surface area contributed by atoms with E-state index in [-0.39, 0.29) is 5.91 Å². The summed E-state index contributed by atoms with van der Waals surface area (Å²) < 4.78 is 5.87. The Bertz CT molecular complexity index is 1010. The van der Waals surface area contributed by atoms with Crippen LogP contribution in [0.5, 0.6) is 11.6 Å². The SMILES string of the molecule is Cc1nc(Oc2ccccc2)cc(N2CCN(C(=O)/C=C/c3ccccc3)CC2)n1. The van der Waals surface area contributed by atoms with E-state index >= 15 is 0 Å². The smallest absolute Gasteiger partial charge is 0.246 e. The molecule has 6 nitrogen and oxygen atoms in total. The highest BCUT2D eigenvalue weighted by Crippen LogP contribution is 2.24. The number of rotatable bonds is 5. The lowest BCUT2D eigenvalue weighted by atomic mass is 10.2. The van der Waals surface area contributed by atoms with Gasteiger partial charge in [-0.15, -0.1) is 0 Å². The monoisotopic (exact) mass is 400 g/mol. The van der Waals surface area contributed by atoms with Gasteiger partial charge in [-0.05, 0) is 30.7 Å². The van der Waals surface area contributed by atoms with E-state index in [2.05, 4.69) is 14.9 Å². The molecule has 6 heteroatoms. The highest BCUT2D eigenvalue weighted by molar-refractivity contribution is 5.91. The molecule has 1 aliphatic heterocycles. The van der Waals surface area contributed by atoms with Gasteiger partial charge in [0, 0.05) is 38.3 Å². The van der Waals surface area contributed by atoms with Crippen molar-refractivity contribution in [1.82, 2.24) is 14.9 Å². The van der Waals surface area contributed by atoms with Crippen molar-refractivity contribution in [3.63, 3.8) is 0 Å². The summed E-state index contributed by atoms with van der Waals surface area (Å²) in [4.78, 5) is 25.5. The molecular weight excluding hydrogens is 376 g/mol. The van der Waals surface area contributed by atoms with Gasteiger partial charge >= 0.3 is 0 Å². The number of carbonyl (C=O) groups excluding carboxylic acids is 1. The number of amides is 1. The van der Waals surface area contributed by atoms with Crippen molar-refractivity contribution in [1.29, 1.82) is 0 Å². The molecule has 1 aromatic heterocycles. The van der Waals surface area contributed by atoms with E-state index in [1.165, 1.54) is 0 Å². The van der Waals surface area contributed by atoms with Gasteiger partial charge in [-0.2, -0.15) is 4.98 Å². The number of para-hydroxylation sites is 1. The van der Waals surface area contributed by atoms with Crippen molar-refractivity contribution < 1.29 is 9.53 Å². The first-order chi connectivity index (χ1) is 14.7. The number of piperazine rings is 1. The Morgan fingerprint density at radius 1 is 0.933 bits per heavy atom. The number of hydrogen-bond acceptors (Lipinski definition) is 5. The quantitative estimate of drug-likeness (QED) is 0.607. The minimum absolute atomic E-state index is 0.0328. The van der Waals surface area contributed by atoms with Crippen LogP contribution in [0, 0.1) is 6.92 Å². The van der Waals surface area contributed by atoms with Gasteiger partial charge in [0.15, 0.2) is 0 Å².